The van der Waals surface area contributed by atoms with E-state index in [0.717, 1.165) is 22.8 Å². The molecule has 26 heavy (non-hydrogen) atoms. The molecule has 0 unspecified atom stereocenters. The van der Waals surface area contributed by atoms with Gasteiger partial charge < -0.3 is 18.9 Å². The Morgan fingerprint density at radius 1 is 1.00 bits per heavy atom. The summed E-state index contributed by atoms with van der Waals surface area (Å²) in [5, 5.41) is 2.94. The molecule has 6 heteroatoms. The number of rotatable bonds is 9. The first kappa shape index (κ1) is 17.8. The van der Waals surface area contributed by atoms with Gasteiger partial charge in [0.2, 0.25) is 5.91 Å². The van der Waals surface area contributed by atoms with E-state index in [-0.39, 0.29) is 12.5 Å². The molecule has 136 valence electrons. The molecule has 0 saturated heterocycles. The van der Waals surface area contributed by atoms with Crippen molar-refractivity contribution in [3.63, 3.8) is 0 Å². The molecule has 1 aromatic carbocycles. The van der Waals surface area contributed by atoms with Crippen molar-refractivity contribution >= 4 is 5.91 Å². The van der Waals surface area contributed by atoms with Crippen molar-refractivity contribution in [3.05, 3.63) is 78.1 Å². The van der Waals surface area contributed by atoms with E-state index < -0.39 is 0 Å². The smallest absolute Gasteiger partial charge is 0.234 e. The molecule has 0 aliphatic rings. The highest BCUT2D eigenvalue weighted by atomic mass is 16.5. The Morgan fingerprint density at radius 3 is 2.12 bits per heavy atom. The highest BCUT2D eigenvalue weighted by Gasteiger charge is 2.14. The Kier molecular flexibility index (Phi) is 6.11. The van der Waals surface area contributed by atoms with E-state index in [9.17, 15) is 4.79 Å². The second kappa shape index (κ2) is 8.92. The van der Waals surface area contributed by atoms with Crippen LogP contribution in [-0.2, 0) is 24.4 Å². The normalized spacial score (nSPS) is 10.8. The molecule has 3 rings (SSSR count). The third kappa shape index (κ3) is 5.26. The number of carbonyl (C=O) groups is 1. The third-order valence-corrected chi connectivity index (χ3v) is 3.94. The fraction of sp³-hybridized carbons (Fsp3) is 0.250. The summed E-state index contributed by atoms with van der Waals surface area (Å²) in [6, 6.07) is 15.1. The van der Waals surface area contributed by atoms with Gasteiger partial charge >= 0.3 is 0 Å². The second-order valence-electron chi connectivity index (χ2n) is 5.93. The Hall–Kier alpha value is -2.99. The molecular weight excluding hydrogens is 332 g/mol. The second-order valence-corrected chi connectivity index (χ2v) is 5.93. The molecule has 0 spiro atoms. The zero-order valence-electron chi connectivity index (χ0n) is 14.7. The van der Waals surface area contributed by atoms with Crippen LogP contribution in [0.2, 0.25) is 0 Å². The molecule has 0 bridgehead atoms. The lowest BCUT2D eigenvalue weighted by Crippen LogP contribution is -2.36. The summed E-state index contributed by atoms with van der Waals surface area (Å²) in [6.45, 7) is 1.78. The molecule has 2 aromatic heterocycles. The lowest BCUT2D eigenvalue weighted by molar-refractivity contribution is -0.122. The summed E-state index contributed by atoms with van der Waals surface area (Å²) in [5.74, 6) is 2.35. The van der Waals surface area contributed by atoms with Crippen molar-refractivity contribution in [1.29, 1.82) is 0 Å². The average Bonchev–Trinajstić information content (AvgIpc) is 3.34. The van der Waals surface area contributed by atoms with Crippen LogP contribution in [0, 0.1) is 0 Å². The fourth-order valence-electron chi connectivity index (χ4n) is 2.62. The fourth-order valence-corrected chi connectivity index (χ4v) is 2.62. The van der Waals surface area contributed by atoms with Crippen molar-refractivity contribution in [2.75, 3.05) is 13.7 Å². The number of furan rings is 2. The van der Waals surface area contributed by atoms with E-state index in [1.807, 2.05) is 53.4 Å². The average molecular weight is 354 g/mol. The molecule has 0 fully saturated rings. The quantitative estimate of drug-likeness (QED) is 0.639. The van der Waals surface area contributed by atoms with E-state index in [0.29, 0.717) is 19.6 Å². The highest BCUT2D eigenvalue weighted by Crippen LogP contribution is 2.12. The van der Waals surface area contributed by atoms with E-state index in [1.165, 1.54) is 0 Å². The predicted octanol–water partition coefficient (Wildman–Crippen LogP) is 3.20. The van der Waals surface area contributed by atoms with E-state index >= 15 is 0 Å². The molecule has 3 aromatic rings. The Balaban J connectivity index is 1.55. The Morgan fingerprint density at radius 2 is 1.62 bits per heavy atom. The minimum atomic E-state index is -0.0565. The van der Waals surface area contributed by atoms with Gasteiger partial charge in [0.15, 0.2) is 0 Å². The first-order chi connectivity index (χ1) is 12.7. The minimum Gasteiger partial charge on any atom is -0.497 e. The molecule has 0 saturated carbocycles. The summed E-state index contributed by atoms with van der Waals surface area (Å²) in [6.07, 6.45) is 3.26. The van der Waals surface area contributed by atoms with Gasteiger partial charge in [-0.2, -0.15) is 0 Å². The molecule has 1 N–H and O–H groups in total. The topological polar surface area (TPSA) is 67.8 Å². The van der Waals surface area contributed by atoms with Gasteiger partial charge in [0.25, 0.3) is 0 Å². The van der Waals surface area contributed by atoms with Gasteiger partial charge in [-0.3, -0.25) is 9.69 Å². The SMILES string of the molecule is COc1ccc(CNC(=O)CN(Cc2ccco2)Cc2ccco2)cc1. The lowest BCUT2D eigenvalue weighted by atomic mass is 10.2. The van der Waals surface area contributed by atoms with Gasteiger partial charge in [-0.15, -0.1) is 0 Å². The third-order valence-electron chi connectivity index (χ3n) is 3.94. The first-order valence-electron chi connectivity index (χ1n) is 8.39. The summed E-state index contributed by atoms with van der Waals surface area (Å²) >= 11 is 0. The number of hydrogen-bond acceptors (Lipinski definition) is 5. The zero-order valence-corrected chi connectivity index (χ0v) is 14.7. The van der Waals surface area contributed by atoms with Crippen molar-refractivity contribution in [1.82, 2.24) is 10.2 Å². The molecule has 2 heterocycles. The number of ether oxygens (including phenoxy) is 1. The first-order valence-corrected chi connectivity index (χ1v) is 8.39. The maximum atomic E-state index is 12.4. The molecule has 0 radical (unpaired) electrons. The Labute approximate surface area is 152 Å². The number of nitrogens with one attached hydrogen (secondary N) is 1. The number of benzene rings is 1. The van der Waals surface area contributed by atoms with Crippen molar-refractivity contribution < 1.29 is 18.4 Å². The zero-order chi connectivity index (χ0) is 18.2. The van der Waals surface area contributed by atoms with Gasteiger partial charge in [-0.1, -0.05) is 12.1 Å². The molecule has 0 aliphatic carbocycles. The van der Waals surface area contributed by atoms with E-state index in [4.69, 9.17) is 13.6 Å². The maximum Gasteiger partial charge on any atom is 0.234 e. The maximum absolute atomic E-state index is 12.4. The summed E-state index contributed by atoms with van der Waals surface area (Å²) in [4.78, 5) is 14.3. The van der Waals surface area contributed by atoms with Gasteiger partial charge in [-0.05, 0) is 42.0 Å². The van der Waals surface area contributed by atoms with Crippen LogP contribution < -0.4 is 10.1 Å². The monoisotopic (exact) mass is 354 g/mol. The molecular formula is C20H22N2O4. The number of methoxy groups -OCH3 is 1. The van der Waals surface area contributed by atoms with Gasteiger partial charge in [-0.25, -0.2) is 0 Å². The van der Waals surface area contributed by atoms with Crippen molar-refractivity contribution in [2.45, 2.75) is 19.6 Å². The summed E-state index contributed by atoms with van der Waals surface area (Å²) < 4.78 is 15.9. The number of amides is 1. The summed E-state index contributed by atoms with van der Waals surface area (Å²) in [7, 11) is 1.63. The molecule has 1 amide bonds. The van der Waals surface area contributed by atoms with Crippen molar-refractivity contribution in [3.8, 4) is 5.75 Å². The predicted molar refractivity (Wildman–Crippen MR) is 96.4 cm³/mol. The van der Waals surface area contributed by atoms with Crippen LogP contribution in [0.5, 0.6) is 5.75 Å². The van der Waals surface area contributed by atoms with Crippen LogP contribution in [0.25, 0.3) is 0 Å². The van der Waals surface area contributed by atoms with E-state index in [2.05, 4.69) is 5.32 Å². The summed E-state index contributed by atoms with van der Waals surface area (Å²) in [5.41, 5.74) is 1.02. The van der Waals surface area contributed by atoms with Crippen LogP contribution in [0.15, 0.2) is 69.9 Å². The number of nitrogens with zero attached hydrogens (tertiary/aromatic N) is 1. The van der Waals surface area contributed by atoms with Crippen LogP contribution >= 0.6 is 0 Å². The van der Waals surface area contributed by atoms with Crippen LogP contribution in [0.1, 0.15) is 17.1 Å². The van der Waals surface area contributed by atoms with Gasteiger partial charge in [0.1, 0.15) is 17.3 Å². The van der Waals surface area contributed by atoms with Crippen LogP contribution in [-0.4, -0.2) is 24.5 Å². The van der Waals surface area contributed by atoms with Crippen molar-refractivity contribution in [2.24, 2.45) is 0 Å². The van der Waals surface area contributed by atoms with Gasteiger partial charge in [0, 0.05) is 6.54 Å². The number of hydrogen-bond donors (Lipinski definition) is 1. The lowest BCUT2D eigenvalue weighted by Gasteiger charge is -2.19. The molecule has 0 aliphatic heterocycles. The van der Waals surface area contributed by atoms with Crippen LogP contribution in [0.3, 0.4) is 0 Å². The van der Waals surface area contributed by atoms with Crippen LogP contribution in [0.4, 0.5) is 0 Å². The molecule has 0 atom stereocenters. The Bertz CT molecular complexity index is 744. The highest BCUT2D eigenvalue weighted by molar-refractivity contribution is 5.78. The molecule has 6 nitrogen and oxygen atoms in total. The van der Waals surface area contributed by atoms with E-state index in [1.54, 1.807) is 19.6 Å². The standard InChI is InChI=1S/C20H22N2O4/c1-24-17-8-6-16(7-9-17)12-21-20(23)15-22(13-18-4-2-10-25-18)14-19-5-3-11-26-19/h2-11H,12-15H2,1H3,(H,21,23). The largest absolute Gasteiger partial charge is 0.497 e. The van der Waals surface area contributed by atoms with Gasteiger partial charge in [0.05, 0.1) is 39.3 Å². The number of carbonyl (C=O) groups excluding carboxylic acids is 1. The minimum absolute atomic E-state index is 0.0565.